The van der Waals surface area contributed by atoms with Gasteiger partial charge in [-0.3, -0.25) is 15.3 Å². The molecule has 0 unspecified atom stereocenters. The molecule has 1 aromatic rings. The van der Waals surface area contributed by atoms with Gasteiger partial charge in [-0.05, 0) is 0 Å². The van der Waals surface area contributed by atoms with Gasteiger partial charge < -0.3 is 0 Å². The Labute approximate surface area is 66.4 Å². The van der Waals surface area contributed by atoms with Gasteiger partial charge in [-0.2, -0.15) is 9.97 Å². The van der Waals surface area contributed by atoms with E-state index in [1.54, 1.807) is 5.48 Å². The Hall–Kier alpha value is -1.83. The normalized spacial score (nSPS) is 9.42. The first-order chi connectivity index (χ1) is 5.72. The number of anilines is 1. The van der Waals surface area contributed by atoms with E-state index in [4.69, 9.17) is 5.21 Å². The van der Waals surface area contributed by atoms with E-state index >= 15 is 0 Å². The summed E-state index contributed by atoms with van der Waals surface area (Å²) in [6.07, 6.45) is 1.07. The third-order valence-corrected chi connectivity index (χ3v) is 0.992. The van der Waals surface area contributed by atoms with Crippen LogP contribution >= 0.6 is 0 Å². The first-order valence-electron chi connectivity index (χ1n) is 2.92. The van der Waals surface area contributed by atoms with E-state index in [1.165, 1.54) is 0 Å². The van der Waals surface area contributed by atoms with Gasteiger partial charge in [0.25, 0.3) is 6.54 Å². The summed E-state index contributed by atoms with van der Waals surface area (Å²) in [7, 11) is 0. The van der Waals surface area contributed by atoms with Crippen LogP contribution in [0, 0.1) is 10.1 Å². The molecule has 0 radical (unpaired) electrons. The van der Waals surface area contributed by atoms with E-state index in [0.29, 0.717) is 0 Å². The fourth-order valence-electron chi connectivity index (χ4n) is 0.576. The molecule has 64 valence electrons. The Bertz CT molecular complexity index is 290. The van der Waals surface area contributed by atoms with Gasteiger partial charge in [0.15, 0.2) is 0 Å². The van der Waals surface area contributed by atoms with E-state index in [0.717, 1.165) is 6.33 Å². The molecular weight excluding hydrogens is 166 g/mol. The summed E-state index contributed by atoms with van der Waals surface area (Å²) < 4.78 is 0. The van der Waals surface area contributed by atoms with Crippen molar-refractivity contribution >= 4 is 5.95 Å². The molecular formula is C4H5N5O3. The molecule has 0 aliphatic heterocycles. The third kappa shape index (κ3) is 2.09. The second-order valence-corrected chi connectivity index (χ2v) is 1.83. The van der Waals surface area contributed by atoms with Gasteiger partial charge in [0.05, 0.1) is 0 Å². The van der Waals surface area contributed by atoms with E-state index in [9.17, 15) is 10.1 Å². The lowest BCUT2D eigenvalue weighted by Gasteiger charge is -1.96. The van der Waals surface area contributed by atoms with Gasteiger partial charge in [0.1, 0.15) is 6.33 Å². The van der Waals surface area contributed by atoms with Crippen molar-refractivity contribution in [2.75, 3.05) is 5.48 Å². The first kappa shape index (κ1) is 8.27. The molecule has 0 aliphatic carbocycles. The molecule has 0 aromatic carbocycles. The number of rotatable bonds is 3. The van der Waals surface area contributed by atoms with E-state index in [1.807, 2.05) is 0 Å². The van der Waals surface area contributed by atoms with Crippen molar-refractivity contribution in [3.63, 3.8) is 0 Å². The van der Waals surface area contributed by atoms with Gasteiger partial charge in [-0.1, -0.05) is 0 Å². The van der Waals surface area contributed by atoms with Crippen LogP contribution in [-0.4, -0.2) is 25.1 Å². The number of hydrogen-bond acceptors (Lipinski definition) is 7. The van der Waals surface area contributed by atoms with E-state index in [2.05, 4.69) is 15.0 Å². The molecule has 0 amide bonds. The second-order valence-electron chi connectivity index (χ2n) is 1.83. The molecule has 1 heterocycles. The Morgan fingerprint density at radius 3 is 3.00 bits per heavy atom. The fraction of sp³-hybridized carbons (Fsp3) is 0.250. The van der Waals surface area contributed by atoms with Crippen LogP contribution in [0.15, 0.2) is 6.33 Å². The van der Waals surface area contributed by atoms with E-state index < -0.39 is 11.5 Å². The minimum absolute atomic E-state index is 0.00782. The largest absolute Gasteiger partial charge is 0.288 e. The number of hydrogen-bond donors (Lipinski definition) is 2. The molecule has 0 atom stereocenters. The van der Waals surface area contributed by atoms with Crippen LogP contribution in [0.1, 0.15) is 5.82 Å². The quantitative estimate of drug-likeness (QED) is 0.463. The van der Waals surface area contributed by atoms with Crippen molar-refractivity contribution in [3.05, 3.63) is 22.3 Å². The number of nitro groups is 1. The summed E-state index contributed by atoms with van der Waals surface area (Å²) in [5.41, 5.74) is 1.66. The maximum absolute atomic E-state index is 9.99. The molecule has 12 heavy (non-hydrogen) atoms. The number of aromatic nitrogens is 3. The average molecular weight is 171 g/mol. The Morgan fingerprint density at radius 1 is 1.67 bits per heavy atom. The van der Waals surface area contributed by atoms with Crippen LogP contribution in [0.2, 0.25) is 0 Å². The molecule has 2 N–H and O–H groups in total. The van der Waals surface area contributed by atoms with Crippen molar-refractivity contribution < 1.29 is 10.1 Å². The summed E-state index contributed by atoms with van der Waals surface area (Å²) in [5, 5.41) is 18.3. The summed E-state index contributed by atoms with van der Waals surface area (Å²) in [5.74, 6) is -0.117. The molecule has 0 saturated carbocycles. The standard InChI is InChI=1S/C4H5N5O3/c10-8-4-6-2-5-3(7-4)1-9(11)12/h2,10H,1H2,(H,5,6,7,8). The molecule has 1 aromatic heterocycles. The lowest BCUT2D eigenvalue weighted by Crippen LogP contribution is -2.06. The fourth-order valence-corrected chi connectivity index (χ4v) is 0.576. The zero-order valence-electron chi connectivity index (χ0n) is 5.84. The van der Waals surface area contributed by atoms with Gasteiger partial charge >= 0.3 is 0 Å². The molecule has 0 fully saturated rings. The molecule has 0 aliphatic rings. The van der Waals surface area contributed by atoms with Crippen molar-refractivity contribution in [1.29, 1.82) is 0 Å². The van der Waals surface area contributed by atoms with Crippen molar-refractivity contribution in [2.24, 2.45) is 0 Å². The van der Waals surface area contributed by atoms with Crippen LogP contribution in [0.25, 0.3) is 0 Å². The maximum Gasteiger partial charge on any atom is 0.262 e. The van der Waals surface area contributed by atoms with Crippen molar-refractivity contribution in [1.82, 2.24) is 15.0 Å². The summed E-state index contributed by atoms with van der Waals surface area (Å²) in [6, 6.07) is 0. The Balaban J connectivity index is 2.79. The van der Waals surface area contributed by atoms with Crippen LogP contribution in [0.4, 0.5) is 5.95 Å². The van der Waals surface area contributed by atoms with E-state index in [-0.39, 0.29) is 11.8 Å². The molecule has 1 rings (SSSR count). The number of nitrogens with zero attached hydrogens (tertiary/aromatic N) is 4. The zero-order chi connectivity index (χ0) is 8.97. The molecule has 0 spiro atoms. The topological polar surface area (TPSA) is 114 Å². The predicted octanol–water partition coefficient (Wildman–Crippen LogP) is -0.551. The van der Waals surface area contributed by atoms with Crippen molar-refractivity contribution in [2.45, 2.75) is 6.54 Å². The van der Waals surface area contributed by atoms with Crippen LogP contribution in [0.3, 0.4) is 0 Å². The number of nitrogens with one attached hydrogen (secondary N) is 1. The Kier molecular flexibility index (Phi) is 2.43. The lowest BCUT2D eigenvalue weighted by atomic mass is 10.6. The lowest BCUT2D eigenvalue weighted by molar-refractivity contribution is -0.498. The highest BCUT2D eigenvalue weighted by Gasteiger charge is 2.05. The van der Waals surface area contributed by atoms with Crippen LogP contribution in [0.5, 0.6) is 0 Å². The molecule has 8 heteroatoms. The van der Waals surface area contributed by atoms with Crippen molar-refractivity contribution in [3.8, 4) is 0 Å². The minimum atomic E-state index is -0.573. The highest BCUT2D eigenvalue weighted by atomic mass is 16.6. The average Bonchev–Trinajstić information content (AvgIpc) is 2.03. The molecule has 8 nitrogen and oxygen atoms in total. The highest BCUT2D eigenvalue weighted by molar-refractivity contribution is 5.17. The molecule has 0 saturated heterocycles. The van der Waals surface area contributed by atoms with Gasteiger partial charge in [0, 0.05) is 4.92 Å². The second kappa shape index (κ2) is 3.53. The molecule has 0 bridgehead atoms. The van der Waals surface area contributed by atoms with Gasteiger partial charge in [-0.25, -0.2) is 10.5 Å². The third-order valence-electron chi connectivity index (χ3n) is 0.992. The summed E-state index contributed by atoms with van der Waals surface area (Å²) in [6.45, 7) is -0.489. The van der Waals surface area contributed by atoms with Gasteiger partial charge in [0.2, 0.25) is 11.8 Å². The zero-order valence-corrected chi connectivity index (χ0v) is 5.84. The summed E-state index contributed by atoms with van der Waals surface area (Å²) >= 11 is 0. The van der Waals surface area contributed by atoms with Crippen LogP contribution < -0.4 is 5.48 Å². The predicted molar refractivity (Wildman–Crippen MR) is 35.9 cm³/mol. The highest BCUT2D eigenvalue weighted by Crippen LogP contribution is 1.95. The van der Waals surface area contributed by atoms with Crippen LogP contribution in [-0.2, 0) is 6.54 Å². The first-order valence-corrected chi connectivity index (χ1v) is 2.92. The van der Waals surface area contributed by atoms with Gasteiger partial charge in [-0.15, -0.1) is 0 Å². The SMILES string of the molecule is O=[N+]([O-])Cc1ncnc(NO)n1. The summed E-state index contributed by atoms with van der Waals surface area (Å²) in [4.78, 5) is 19.9. The Morgan fingerprint density at radius 2 is 2.42 bits per heavy atom. The maximum atomic E-state index is 9.99. The smallest absolute Gasteiger partial charge is 0.262 e. The monoisotopic (exact) mass is 171 g/mol. The minimum Gasteiger partial charge on any atom is -0.288 e.